The van der Waals surface area contributed by atoms with Gasteiger partial charge in [0.1, 0.15) is 15.8 Å². The number of nitrogens with one attached hydrogen (secondary N) is 1. The second-order valence-electron chi connectivity index (χ2n) is 4.39. The molecule has 1 N–H and O–H groups in total. The molecule has 108 valence electrons. The first kappa shape index (κ1) is 15.0. The number of hydrogen-bond acceptors (Lipinski definition) is 5. The third-order valence-electron chi connectivity index (χ3n) is 2.78. The van der Waals surface area contributed by atoms with E-state index in [1.54, 1.807) is 30.6 Å². The van der Waals surface area contributed by atoms with E-state index in [9.17, 15) is 4.39 Å². The van der Waals surface area contributed by atoms with E-state index in [0.29, 0.717) is 13.0 Å². The van der Waals surface area contributed by atoms with Crippen molar-refractivity contribution in [1.29, 1.82) is 0 Å². The van der Waals surface area contributed by atoms with Crippen LogP contribution >= 0.6 is 11.3 Å². The number of ether oxygens (including phenoxy) is 1. The maximum absolute atomic E-state index is 12.8. The van der Waals surface area contributed by atoms with Crippen LogP contribution in [0.3, 0.4) is 0 Å². The largest absolute Gasteiger partial charge is 0.383 e. The van der Waals surface area contributed by atoms with Gasteiger partial charge in [-0.25, -0.2) is 4.39 Å². The van der Waals surface area contributed by atoms with Crippen molar-refractivity contribution in [2.75, 3.05) is 26.8 Å². The number of methoxy groups -OCH3 is 1. The van der Waals surface area contributed by atoms with Crippen molar-refractivity contribution in [1.82, 2.24) is 15.5 Å². The Kier molecular flexibility index (Phi) is 6.04. The van der Waals surface area contributed by atoms with Crippen LogP contribution in [0, 0.1) is 5.82 Å². The molecule has 0 aliphatic heterocycles. The molecule has 1 aromatic heterocycles. The van der Waals surface area contributed by atoms with Crippen LogP contribution in [0.4, 0.5) is 4.39 Å². The monoisotopic (exact) mass is 295 g/mol. The Morgan fingerprint density at radius 1 is 1.15 bits per heavy atom. The SMILES string of the molecule is COCCNCCc1nnc(Cc2ccc(F)cc2)s1. The average Bonchev–Trinajstić information content (AvgIpc) is 2.89. The fourth-order valence-electron chi connectivity index (χ4n) is 1.73. The average molecular weight is 295 g/mol. The molecule has 0 aliphatic rings. The van der Waals surface area contributed by atoms with E-state index in [0.717, 1.165) is 35.1 Å². The molecular formula is C14H18FN3OS. The minimum absolute atomic E-state index is 0.214. The summed E-state index contributed by atoms with van der Waals surface area (Å²) in [5.41, 5.74) is 1.05. The van der Waals surface area contributed by atoms with E-state index in [1.807, 2.05) is 0 Å². The molecule has 0 amide bonds. The smallest absolute Gasteiger partial charge is 0.123 e. The molecule has 0 aliphatic carbocycles. The van der Waals surface area contributed by atoms with Crippen LogP contribution in [0.2, 0.25) is 0 Å². The normalized spacial score (nSPS) is 10.9. The molecule has 0 fully saturated rings. The van der Waals surface area contributed by atoms with Gasteiger partial charge in [0.2, 0.25) is 0 Å². The Morgan fingerprint density at radius 2 is 1.90 bits per heavy atom. The molecule has 0 saturated carbocycles. The molecule has 2 rings (SSSR count). The number of benzene rings is 1. The predicted octanol–water partition coefficient (Wildman–Crippen LogP) is 2.05. The summed E-state index contributed by atoms with van der Waals surface area (Å²) >= 11 is 1.61. The van der Waals surface area contributed by atoms with Gasteiger partial charge in [0, 0.05) is 33.0 Å². The van der Waals surface area contributed by atoms with Gasteiger partial charge in [-0.3, -0.25) is 0 Å². The van der Waals surface area contributed by atoms with Gasteiger partial charge in [-0.1, -0.05) is 12.1 Å². The summed E-state index contributed by atoms with van der Waals surface area (Å²) in [6.07, 6.45) is 1.57. The number of rotatable bonds is 8. The van der Waals surface area contributed by atoms with Crippen molar-refractivity contribution >= 4 is 11.3 Å². The molecule has 6 heteroatoms. The number of nitrogens with zero attached hydrogens (tertiary/aromatic N) is 2. The summed E-state index contributed by atoms with van der Waals surface area (Å²) in [5.74, 6) is -0.214. The molecule has 0 bridgehead atoms. The zero-order valence-electron chi connectivity index (χ0n) is 11.4. The van der Waals surface area contributed by atoms with Crippen molar-refractivity contribution in [3.05, 3.63) is 45.7 Å². The lowest BCUT2D eigenvalue weighted by atomic mass is 10.2. The van der Waals surface area contributed by atoms with Crippen LogP contribution in [-0.4, -0.2) is 37.0 Å². The zero-order valence-corrected chi connectivity index (χ0v) is 12.3. The highest BCUT2D eigenvalue weighted by molar-refractivity contribution is 7.11. The quantitative estimate of drug-likeness (QED) is 0.757. The van der Waals surface area contributed by atoms with Gasteiger partial charge in [0.25, 0.3) is 0 Å². The number of halogens is 1. The molecular weight excluding hydrogens is 277 g/mol. The van der Waals surface area contributed by atoms with Crippen LogP contribution in [0.1, 0.15) is 15.6 Å². The van der Waals surface area contributed by atoms with Crippen molar-refractivity contribution in [2.24, 2.45) is 0 Å². The van der Waals surface area contributed by atoms with Gasteiger partial charge in [-0.2, -0.15) is 0 Å². The van der Waals surface area contributed by atoms with Gasteiger partial charge in [0.15, 0.2) is 0 Å². The topological polar surface area (TPSA) is 47.0 Å². The Labute approximate surface area is 122 Å². The summed E-state index contributed by atoms with van der Waals surface area (Å²) in [7, 11) is 1.69. The summed E-state index contributed by atoms with van der Waals surface area (Å²) in [4.78, 5) is 0. The van der Waals surface area contributed by atoms with Crippen molar-refractivity contribution in [3.8, 4) is 0 Å². The molecule has 0 saturated heterocycles. The molecule has 4 nitrogen and oxygen atoms in total. The first-order valence-corrected chi connectivity index (χ1v) is 7.35. The van der Waals surface area contributed by atoms with E-state index in [2.05, 4.69) is 15.5 Å². The maximum Gasteiger partial charge on any atom is 0.123 e. The lowest BCUT2D eigenvalue weighted by Crippen LogP contribution is -2.21. The van der Waals surface area contributed by atoms with Gasteiger partial charge in [-0.15, -0.1) is 21.5 Å². The fraction of sp³-hybridized carbons (Fsp3) is 0.429. The van der Waals surface area contributed by atoms with Crippen LogP contribution in [0.15, 0.2) is 24.3 Å². The van der Waals surface area contributed by atoms with Gasteiger partial charge in [0.05, 0.1) is 6.61 Å². The fourth-order valence-corrected chi connectivity index (χ4v) is 2.61. The Balaban J connectivity index is 1.78. The lowest BCUT2D eigenvalue weighted by molar-refractivity contribution is 0.199. The van der Waals surface area contributed by atoms with Crippen LogP contribution in [0.25, 0.3) is 0 Å². The van der Waals surface area contributed by atoms with E-state index < -0.39 is 0 Å². The molecule has 0 unspecified atom stereocenters. The van der Waals surface area contributed by atoms with Crippen LogP contribution in [0.5, 0.6) is 0 Å². The van der Waals surface area contributed by atoms with Crippen LogP contribution in [-0.2, 0) is 17.6 Å². The van der Waals surface area contributed by atoms with Gasteiger partial charge >= 0.3 is 0 Å². The summed E-state index contributed by atoms with van der Waals surface area (Å²) < 4.78 is 17.8. The van der Waals surface area contributed by atoms with Crippen molar-refractivity contribution in [3.63, 3.8) is 0 Å². The molecule has 2 aromatic rings. The molecule has 20 heavy (non-hydrogen) atoms. The zero-order chi connectivity index (χ0) is 14.2. The van der Waals surface area contributed by atoms with Gasteiger partial charge in [-0.05, 0) is 17.7 Å². The first-order valence-electron chi connectivity index (χ1n) is 6.53. The van der Waals surface area contributed by atoms with E-state index in [1.165, 1.54) is 12.1 Å². The second kappa shape index (κ2) is 8.04. The van der Waals surface area contributed by atoms with E-state index in [4.69, 9.17) is 4.74 Å². The molecule has 0 radical (unpaired) electrons. The molecule has 1 heterocycles. The van der Waals surface area contributed by atoms with Gasteiger partial charge < -0.3 is 10.1 Å². The second-order valence-corrected chi connectivity index (χ2v) is 5.53. The van der Waals surface area contributed by atoms with Crippen molar-refractivity contribution < 1.29 is 9.13 Å². The molecule has 0 atom stereocenters. The summed E-state index contributed by atoms with van der Waals surface area (Å²) in [5, 5.41) is 13.6. The minimum Gasteiger partial charge on any atom is -0.383 e. The lowest BCUT2D eigenvalue weighted by Gasteiger charge is -2.00. The minimum atomic E-state index is -0.214. The highest BCUT2D eigenvalue weighted by atomic mass is 32.1. The third-order valence-corrected chi connectivity index (χ3v) is 3.76. The highest BCUT2D eigenvalue weighted by Gasteiger charge is 2.05. The maximum atomic E-state index is 12.8. The number of aromatic nitrogens is 2. The summed E-state index contributed by atoms with van der Waals surface area (Å²) in [6, 6.07) is 6.50. The number of hydrogen-bond donors (Lipinski definition) is 1. The summed E-state index contributed by atoms with van der Waals surface area (Å²) in [6.45, 7) is 2.43. The third kappa shape index (κ3) is 4.96. The standard InChI is InChI=1S/C14H18FN3OS/c1-19-9-8-16-7-6-13-17-18-14(20-13)10-11-2-4-12(15)5-3-11/h2-5,16H,6-10H2,1H3. The van der Waals surface area contributed by atoms with E-state index in [-0.39, 0.29) is 5.82 Å². The Hall–Kier alpha value is -1.37. The molecule has 0 spiro atoms. The Morgan fingerprint density at radius 3 is 2.65 bits per heavy atom. The van der Waals surface area contributed by atoms with E-state index >= 15 is 0 Å². The predicted molar refractivity (Wildman–Crippen MR) is 77.6 cm³/mol. The van der Waals surface area contributed by atoms with Crippen molar-refractivity contribution in [2.45, 2.75) is 12.8 Å². The molecule has 1 aromatic carbocycles. The Bertz CT molecular complexity index is 515. The first-order chi connectivity index (χ1) is 9.78. The van der Waals surface area contributed by atoms with Crippen LogP contribution < -0.4 is 5.32 Å². The highest BCUT2D eigenvalue weighted by Crippen LogP contribution is 2.15.